The maximum Gasteiger partial charge on any atom is 0.315 e. The number of aliphatic carboxylic acids is 1. The van der Waals surface area contributed by atoms with Crippen molar-refractivity contribution in [2.45, 2.75) is 44.9 Å². The largest absolute Gasteiger partial charge is 0.481 e. The summed E-state index contributed by atoms with van der Waals surface area (Å²) in [5.74, 6) is 0.0648. The molecular weight excluding hydrogens is 228 g/mol. The second-order valence-electron chi connectivity index (χ2n) is 5.12. The minimum Gasteiger partial charge on any atom is -0.481 e. The number of hydrogen-bond acceptors (Lipinski definition) is 3. The number of pyridine rings is 1. The fourth-order valence-corrected chi connectivity index (χ4v) is 2.48. The number of carboxylic acids is 1. The van der Waals surface area contributed by atoms with E-state index in [1.165, 1.54) is 5.56 Å². The van der Waals surface area contributed by atoms with Gasteiger partial charge in [0, 0.05) is 6.54 Å². The van der Waals surface area contributed by atoms with E-state index >= 15 is 0 Å². The van der Waals surface area contributed by atoms with E-state index in [1.54, 1.807) is 6.92 Å². The molecule has 18 heavy (non-hydrogen) atoms. The van der Waals surface area contributed by atoms with Gasteiger partial charge in [-0.25, -0.2) is 4.98 Å². The molecule has 2 heterocycles. The minimum absolute atomic E-state index is 0.605. The Morgan fingerprint density at radius 1 is 1.56 bits per heavy atom. The lowest BCUT2D eigenvalue weighted by molar-refractivity contribution is -0.143. The molecule has 0 spiro atoms. The van der Waals surface area contributed by atoms with Crippen molar-refractivity contribution in [3.05, 3.63) is 23.4 Å². The van der Waals surface area contributed by atoms with Gasteiger partial charge < -0.3 is 10.4 Å². The Morgan fingerprint density at radius 2 is 2.33 bits per heavy atom. The van der Waals surface area contributed by atoms with Crippen molar-refractivity contribution in [2.75, 3.05) is 11.9 Å². The second kappa shape index (κ2) is 4.96. The van der Waals surface area contributed by atoms with Crippen molar-refractivity contribution >= 4 is 11.8 Å². The Morgan fingerprint density at radius 3 is 3.00 bits per heavy atom. The normalized spacial score (nSPS) is 17.4. The van der Waals surface area contributed by atoms with Crippen molar-refractivity contribution < 1.29 is 9.90 Å². The lowest BCUT2D eigenvalue weighted by Gasteiger charge is -2.26. The van der Waals surface area contributed by atoms with E-state index in [2.05, 4.69) is 10.3 Å². The van der Waals surface area contributed by atoms with Crippen molar-refractivity contribution in [3.8, 4) is 0 Å². The Hall–Kier alpha value is -1.58. The van der Waals surface area contributed by atoms with E-state index in [4.69, 9.17) is 0 Å². The van der Waals surface area contributed by atoms with Crippen LogP contribution >= 0.6 is 0 Å². The van der Waals surface area contributed by atoms with E-state index in [9.17, 15) is 9.90 Å². The molecule has 0 saturated carbocycles. The van der Waals surface area contributed by atoms with E-state index in [0.29, 0.717) is 12.1 Å². The summed E-state index contributed by atoms with van der Waals surface area (Å²) < 4.78 is 0. The highest BCUT2D eigenvalue weighted by molar-refractivity contribution is 5.80. The predicted molar refractivity (Wildman–Crippen MR) is 70.9 cm³/mol. The number of anilines is 1. The Balaban J connectivity index is 2.39. The zero-order valence-electron chi connectivity index (χ0n) is 11.0. The maximum atomic E-state index is 11.5. The van der Waals surface area contributed by atoms with Crippen LogP contribution in [0.3, 0.4) is 0 Å². The highest BCUT2D eigenvalue weighted by Crippen LogP contribution is 2.31. The standard InChI is InChI=1S/C14H20N2O2/c1-3-8-14(2,13(17)18)11-7-6-10-5-4-9-15-12(10)16-11/h6-7H,3-5,8-9H2,1-2H3,(H,15,16)(H,17,18). The summed E-state index contributed by atoms with van der Waals surface area (Å²) in [5.41, 5.74) is 0.961. The first kappa shape index (κ1) is 12.9. The molecule has 1 aromatic rings. The fourth-order valence-electron chi connectivity index (χ4n) is 2.48. The van der Waals surface area contributed by atoms with Crippen molar-refractivity contribution in [1.82, 2.24) is 4.98 Å². The topological polar surface area (TPSA) is 62.2 Å². The summed E-state index contributed by atoms with van der Waals surface area (Å²) in [5, 5.41) is 12.7. The van der Waals surface area contributed by atoms with Gasteiger partial charge in [-0.3, -0.25) is 4.79 Å². The van der Waals surface area contributed by atoms with Crippen LogP contribution in [0.2, 0.25) is 0 Å². The number of nitrogens with zero attached hydrogens (tertiary/aromatic N) is 1. The van der Waals surface area contributed by atoms with Crippen LogP contribution in [0.1, 0.15) is 44.4 Å². The van der Waals surface area contributed by atoms with Crippen molar-refractivity contribution in [1.29, 1.82) is 0 Å². The molecule has 0 aliphatic carbocycles. The maximum absolute atomic E-state index is 11.5. The van der Waals surface area contributed by atoms with Gasteiger partial charge in [0.15, 0.2) is 0 Å². The summed E-state index contributed by atoms with van der Waals surface area (Å²) >= 11 is 0. The van der Waals surface area contributed by atoms with Gasteiger partial charge in [0.05, 0.1) is 5.69 Å². The van der Waals surface area contributed by atoms with Gasteiger partial charge in [0.2, 0.25) is 0 Å². The summed E-state index contributed by atoms with van der Waals surface area (Å²) in [4.78, 5) is 16.1. The average Bonchev–Trinajstić information content (AvgIpc) is 2.38. The smallest absolute Gasteiger partial charge is 0.315 e. The molecule has 2 rings (SSSR count). The zero-order valence-corrected chi connectivity index (χ0v) is 11.0. The van der Waals surface area contributed by atoms with Crippen LogP contribution in [0, 0.1) is 0 Å². The van der Waals surface area contributed by atoms with E-state index < -0.39 is 11.4 Å². The SMILES string of the molecule is CCCC(C)(C(=O)O)c1ccc2c(n1)NCCC2. The molecule has 0 saturated heterocycles. The van der Waals surface area contributed by atoms with Crippen LogP contribution in [-0.2, 0) is 16.6 Å². The lowest BCUT2D eigenvalue weighted by atomic mass is 9.81. The van der Waals surface area contributed by atoms with Crippen LogP contribution in [0.25, 0.3) is 0 Å². The van der Waals surface area contributed by atoms with Crippen molar-refractivity contribution in [3.63, 3.8) is 0 Å². The monoisotopic (exact) mass is 248 g/mol. The molecule has 2 N–H and O–H groups in total. The Kier molecular flexibility index (Phi) is 3.55. The summed E-state index contributed by atoms with van der Waals surface area (Å²) in [6.45, 7) is 4.68. The molecule has 1 aliphatic heterocycles. The molecule has 0 bridgehead atoms. The zero-order chi connectivity index (χ0) is 13.2. The number of aryl methyl sites for hydroxylation is 1. The first-order chi connectivity index (χ1) is 8.58. The fraction of sp³-hybridized carbons (Fsp3) is 0.571. The second-order valence-corrected chi connectivity index (χ2v) is 5.12. The van der Waals surface area contributed by atoms with Gasteiger partial charge in [0.1, 0.15) is 11.2 Å². The van der Waals surface area contributed by atoms with E-state index in [-0.39, 0.29) is 0 Å². The first-order valence-corrected chi connectivity index (χ1v) is 6.55. The summed E-state index contributed by atoms with van der Waals surface area (Å²) in [7, 11) is 0. The molecule has 4 nitrogen and oxygen atoms in total. The lowest BCUT2D eigenvalue weighted by Crippen LogP contribution is -2.33. The Bertz CT molecular complexity index is 459. The number of aromatic nitrogens is 1. The highest BCUT2D eigenvalue weighted by Gasteiger charge is 2.36. The van der Waals surface area contributed by atoms with Crippen LogP contribution in [-0.4, -0.2) is 22.6 Å². The summed E-state index contributed by atoms with van der Waals surface area (Å²) in [6.07, 6.45) is 3.56. The molecule has 0 fully saturated rings. The van der Waals surface area contributed by atoms with Crippen molar-refractivity contribution in [2.24, 2.45) is 0 Å². The van der Waals surface area contributed by atoms with Gasteiger partial charge in [-0.2, -0.15) is 0 Å². The third kappa shape index (κ3) is 2.19. The molecule has 1 unspecified atom stereocenters. The molecule has 4 heteroatoms. The molecule has 1 aliphatic rings. The molecule has 0 aromatic carbocycles. The van der Waals surface area contributed by atoms with Gasteiger partial charge in [-0.1, -0.05) is 19.4 Å². The molecular formula is C14H20N2O2. The number of carboxylic acid groups (broad SMARTS) is 1. The van der Waals surface area contributed by atoms with E-state index in [0.717, 1.165) is 31.6 Å². The van der Waals surface area contributed by atoms with Crippen LogP contribution in [0.15, 0.2) is 12.1 Å². The number of carbonyl (C=O) groups is 1. The number of nitrogens with one attached hydrogen (secondary N) is 1. The third-order valence-electron chi connectivity index (χ3n) is 3.68. The Labute approximate surface area is 107 Å². The molecule has 1 aromatic heterocycles. The number of hydrogen-bond donors (Lipinski definition) is 2. The van der Waals surface area contributed by atoms with Gasteiger partial charge >= 0.3 is 5.97 Å². The van der Waals surface area contributed by atoms with Gasteiger partial charge in [-0.05, 0) is 37.8 Å². The van der Waals surface area contributed by atoms with Crippen LogP contribution < -0.4 is 5.32 Å². The van der Waals surface area contributed by atoms with Gasteiger partial charge in [0.25, 0.3) is 0 Å². The average molecular weight is 248 g/mol. The van der Waals surface area contributed by atoms with Crippen LogP contribution in [0.4, 0.5) is 5.82 Å². The van der Waals surface area contributed by atoms with Crippen LogP contribution in [0.5, 0.6) is 0 Å². The highest BCUT2D eigenvalue weighted by atomic mass is 16.4. The first-order valence-electron chi connectivity index (χ1n) is 6.55. The minimum atomic E-state index is -0.886. The van der Waals surface area contributed by atoms with Gasteiger partial charge in [-0.15, -0.1) is 0 Å². The molecule has 98 valence electrons. The molecule has 1 atom stereocenters. The number of fused-ring (bicyclic) bond motifs is 1. The quantitative estimate of drug-likeness (QED) is 0.859. The molecule has 0 amide bonds. The van der Waals surface area contributed by atoms with E-state index in [1.807, 2.05) is 19.1 Å². The predicted octanol–water partition coefficient (Wildman–Crippen LogP) is 2.58. The summed E-state index contributed by atoms with van der Waals surface area (Å²) in [6, 6.07) is 3.89. The molecule has 0 radical (unpaired) electrons. The number of rotatable bonds is 4. The third-order valence-corrected chi connectivity index (χ3v) is 3.68.